The first kappa shape index (κ1) is 15.5. The van der Waals surface area contributed by atoms with Crippen molar-refractivity contribution in [3.8, 4) is 0 Å². The van der Waals surface area contributed by atoms with Crippen molar-refractivity contribution in [2.75, 3.05) is 15.8 Å². The van der Waals surface area contributed by atoms with Gasteiger partial charge in [-0.2, -0.15) is 0 Å². The van der Waals surface area contributed by atoms with E-state index in [2.05, 4.69) is 20.2 Å². The molecule has 2 aromatic rings. The molecule has 0 radical (unpaired) electrons. The maximum Gasteiger partial charge on any atom is 0.233 e. The highest BCUT2D eigenvalue weighted by atomic mass is 35.5. The van der Waals surface area contributed by atoms with Gasteiger partial charge in [0.25, 0.3) is 0 Å². The molecule has 6 nitrogen and oxygen atoms in total. The molecular weight excluding hydrogens is 319 g/mol. The summed E-state index contributed by atoms with van der Waals surface area (Å²) >= 11 is 5.67. The predicted octanol–water partition coefficient (Wildman–Crippen LogP) is 2.77. The highest BCUT2D eigenvalue weighted by Gasteiger charge is 2.08. The molecule has 0 aliphatic rings. The van der Waals surface area contributed by atoms with Crippen molar-refractivity contribution in [3.05, 3.63) is 41.2 Å². The first-order valence-electron chi connectivity index (χ1n) is 5.96. The Morgan fingerprint density at radius 3 is 2.43 bits per heavy atom. The fraction of sp³-hybridized carbons (Fsp3) is 0.167. The summed E-state index contributed by atoms with van der Waals surface area (Å²) in [5.41, 5.74) is 0.539. The quantitative estimate of drug-likeness (QED) is 0.880. The minimum atomic E-state index is -3.39. The Kier molecular flexibility index (Phi) is 4.59. The molecule has 2 rings (SSSR count). The Morgan fingerprint density at radius 2 is 1.86 bits per heavy atom. The number of benzene rings is 1. The number of nitrogens with one attached hydrogen (secondary N) is 2. The Bertz CT molecular complexity index is 737. The summed E-state index contributed by atoms with van der Waals surface area (Å²) in [5.74, 6) is -0.0720. The summed E-state index contributed by atoms with van der Waals surface area (Å²) in [6, 6.07) is 7.14. The first-order chi connectivity index (χ1) is 9.89. The van der Waals surface area contributed by atoms with E-state index in [-0.39, 0.29) is 16.6 Å². The molecule has 1 aromatic carbocycles. The number of anilines is 3. The second-order valence-corrected chi connectivity index (χ2v) is 6.48. The van der Waals surface area contributed by atoms with Gasteiger partial charge in [0.2, 0.25) is 10.0 Å². The second kappa shape index (κ2) is 6.23. The molecule has 0 amide bonds. The van der Waals surface area contributed by atoms with E-state index in [4.69, 9.17) is 11.6 Å². The molecule has 0 bridgehead atoms. The summed E-state index contributed by atoms with van der Waals surface area (Å²) in [6.07, 6.45) is 0. The van der Waals surface area contributed by atoms with Crippen molar-refractivity contribution in [2.24, 2.45) is 0 Å². The van der Waals surface area contributed by atoms with Gasteiger partial charge in [0.05, 0.1) is 10.8 Å². The van der Waals surface area contributed by atoms with Gasteiger partial charge in [-0.3, -0.25) is 4.72 Å². The molecule has 0 fully saturated rings. The molecule has 0 unspecified atom stereocenters. The van der Waals surface area contributed by atoms with Gasteiger partial charge in [0.1, 0.15) is 5.82 Å². The van der Waals surface area contributed by atoms with E-state index in [1.807, 2.05) is 0 Å². The van der Waals surface area contributed by atoms with Crippen LogP contribution in [-0.2, 0) is 10.0 Å². The van der Waals surface area contributed by atoms with Crippen molar-refractivity contribution in [1.29, 1.82) is 0 Å². The normalized spacial score (nSPS) is 11.2. The van der Waals surface area contributed by atoms with E-state index in [0.717, 1.165) is 0 Å². The van der Waals surface area contributed by atoms with Crippen LogP contribution < -0.4 is 10.0 Å². The van der Waals surface area contributed by atoms with Gasteiger partial charge in [-0.1, -0.05) is 11.6 Å². The minimum Gasteiger partial charge on any atom is -0.339 e. The van der Waals surface area contributed by atoms with Crippen LogP contribution in [-0.4, -0.2) is 24.4 Å². The van der Waals surface area contributed by atoms with Gasteiger partial charge in [-0.15, -0.1) is 10.2 Å². The van der Waals surface area contributed by atoms with Crippen molar-refractivity contribution in [2.45, 2.75) is 6.92 Å². The highest BCUT2D eigenvalue weighted by Crippen LogP contribution is 2.22. The maximum atomic E-state index is 13.0. The zero-order chi connectivity index (χ0) is 15.5. The molecule has 0 saturated heterocycles. The van der Waals surface area contributed by atoms with Crippen LogP contribution >= 0.6 is 11.6 Å². The average molecular weight is 331 g/mol. The molecule has 1 aromatic heterocycles. The molecule has 0 atom stereocenters. The van der Waals surface area contributed by atoms with E-state index in [1.165, 1.54) is 37.3 Å². The van der Waals surface area contributed by atoms with E-state index >= 15 is 0 Å². The SMILES string of the molecule is CCS(=O)(=O)Nc1ccc(Nc2ccc(F)c(Cl)c2)nn1. The summed E-state index contributed by atoms with van der Waals surface area (Å²) in [4.78, 5) is 0. The predicted molar refractivity (Wildman–Crippen MR) is 79.8 cm³/mol. The molecule has 0 aliphatic carbocycles. The average Bonchev–Trinajstić information content (AvgIpc) is 2.45. The van der Waals surface area contributed by atoms with Gasteiger partial charge >= 0.3 is 0 Å². The van der Waals surface area contributed by atoms with Crippen LogP contribution in [0.25, 0.3) is 0 Å². The number of hydrogen-bond donors (Lipinski definition) is 2. The third-order valence-corrected chi connectivity index (χ3v) is 4.07. The van der Waals surface area contributed by atoms with Crippen LogP contribution in [0.2, 0.25) is 5.02 Å². The summed E-state index contributed by atoms with van der Waals surface area (Å²) < 4.78 is 38.0. The van der Waals surface area contributed by atoms with Gasteiger partial charge in [0, 0.05) is 5.69 Å². The maximum absolute atomic E-state index is 13.0. The van der Waals surface area contributed by atoms with E-state index in [9.17, 15) is 12.8 Å². The summed E-state index contributed by atoms with van der Waals surface area (Å²) in [7, 11) is -3.39. The Morgan fingerprint density at radius 1 is 1.19 bits per heavy atom. The number of hydrogen-bond acceptors (Lipinski definition) is 5. The van der Waals surface area contributed by atoms with Crippen molar-refractivity contribution in [1.82, 2.24) is 10.2 Å². The Balaban J connectivity index is 2.10. The third kappa shape index (κ3) is 4.27. The number of nitrogens with zero attached hydrogens (tertiary/aromatic N) is 2. The lowest BCUT2D eigenvalue weighted by Gasteiger charge is -2.07. The van der Waals surface area contributed by atoms with Gasteiger partial charge in [-0.05, 0) is 37.3 Å². The lowest BCUT2D eigenvalue weighted by atomic mass is 10.3. The van der Waals surface area contributed by atoms with Crippen LogP contribution in [0.15, 0.2) is 30.3 Å². The van der Waals surface area contributed by atoms with Crippen molar-refractivity contribution < 1.29 is 12.8 Å². The molecule has 9 heteroatoms. The van der Waals surface area contributed by atoms with Crippen LogP contribution in [0.5, 0.6) is 0 Å². The van der Waals surface area contributed by atoms with Gasteiger partial charge in [-0.25, -0.2) is 12.8 Å². The van der Waals surface area contributed by atoms with E-state index in [1.54, 1.807) is 0 Å². The van der Waals surface area contributed by atoms with Crippen LogP contribution in [0.1, 0.15) is 6.92 Å². The van der Waals surface area contributed by atoms with Gasteiger partial charge in [0.15, 0.2) is 11.6 Å². The van der Waals surface area contributed by atoms with E-state index in [0.29, 0.717) is 11.5 Å². The minimum absolute atomic E-state index is 0.0136. The molecule has 2 N–H and O–H groups in total. The number of sulfonamides is 1. The standard InChI is InChI=1S/C12H12ClFN4O2S/c1-2-21(19,20)18-12-6-5-11(16-17-12)15-8-3-4-10(14)9(13)7-8/h3-7H,2H2,1H3,(H,15,16)(H,17,18). The lowest BCUT2D eigenvalue weighted by molar-refractivity contribution is 0.602. The summed E-state index contributed by atoms with van der Waals surface area (Å²) in [5, 5.41) is 10.4. The smallest absolute Gasteiger partial charge is 0.233 e. The summed E-state index contributed by atoms with van der Waals surface area (Å²) in [6.45, 7) is 1.52. The molecule has 112 valence electrons. The monoisotopic (exact) mass is 330 g/mol. The first-order valence-corrected chi connectivity index (χ1v) is 7.99. The Labute approximate surface area is 126 Å². The Hall–Kier alpha value is -1.93. The van der Waals surface area contributed by atoms with Crippen molar-refractivity contribution >= 4 is 38.9 Å². The molecule has 1 heterocycles. The van der Waals surface area contributed by atoms with Crippen molar-refractivity contribution in [3.63, 3.8) is 0 Å². The van der Waals surface area contributed by atoms with Crippen LogP contribution in [0, 0.1) is 5.82 Å². The topological polar surface area (TPSA) is 84.0 Å². The molecule has 0 saturated carbocycles. The fourth-order valence-electron chi connectivity index (χ4n) is 1.41. The zero-order valence-corrected chi connectivity index (χ0v) is 12.5. The third-order valence-electron chi connectivity index (χ3n) is 2.50. The number of halogens is 2. The molecule has 0 aliphatic heterocycles. The lowest BCUT2D eigenvalue weighted by Crippen LogP contribution is -2.15. The molecule has 21 heavy (non-hydrogen) atoms. The van der Waals surface area contributed by atoms with E-state index < -0.39 is 15.8 Å². The van der Waals surface area contributed by atoms with Gasteiger partial charge < -0.3 is 5.32 Å². The molecule has 0 spiro atoms. The number of aromatic nitrogens is 2. The van der Waals surface area contributed by atoms with Crippen LogP contribution in [0.4, 0.5) is 21.7 Å². The largest absolute Gasteiger partial charge is 0.339 e. The zero-order valence-electron chi connectivity index (χ0n) is 11.0. The number of rotatable bonds is 5. The fourth-order valence-corrected chi connectivity index (χ4v) is 2.16. The molecular formula is C12H12ClFN4O2S. The second-order valence-electron chi connectivity index (χ2n) is 4.06. The highest BCUT2D eigenvalue weighted by molar-refractivity contribution is 7.92. The van der Waals surface area contributed by atoms with Crippen LogP contribution in [0.3, 0.4) is 0 Å².